The molecule has 0 spiro atoms. The van der Waals surface area contributed by atoms with Crippen molar-refractivity contribution in [2.24, 2.45) is 5.92 Å². The van der Waals surface area contributed by atoms with E-state index in [1.54, 1.807) is 25.3 Å². The van der Waals surface area contributed by atoms with Crippen molar-refractivity contribution >= 4 is 29.0 Å². The van der Waals surface area contributed by atoms with Crippen LogP contribution in [0.2, 0.25) is 0 Å². The van der Waals surface area contributed by atoms with Crippen LogP contribution < -0.4 is 15.4 Å². The van der Waals surface area contributed by atoms with Gasteiger partial charge in [0.1, 0.15) is 11.6 Å². The van der Waals surface area contributed by atoms with Gasteiger partial charge in [0, 0.05) is 6.54 Å². The number of nitrogens with one attached hydrogen (secondary N) is 3. The van der Waals surface area contributed by atoms with Gasteiger partial charge in [-0.05, 0) is 67.8 Å². The molecule has 0 atom stereocenters. The largest absolute Gasteiger partial charge is 0.495 e. The summed E-state index contributed by atoms with van der Waals surface area (Å²) in [7, 11) is 1.55. The summed E-state index contributed by atoms with van der Waals surface area (Å²) < 4.78 is 18.7. The van der Waals surface area contributed by atoms with Crippen molar-refractivity contribution in [2.45, 2.75) is 12.8 Å². The Morgan fingerprint density at radius 1 is 1.20 bits per heavy atom. The topological polar surface area (TPSA) is 79.0 Å². The maximum absolute atomic E-state index is 13.1. The quantitative estimate of drug-likeness (QED) is 0.582. The number of amides is 1. The Hall–Kier alpha value is -3.19. The predicted molar refractivity (Wildman–Crippen MR) is 116 cm³/mol. The molecule has 6 nitrogen and oxygen atoms in total. The van der Waals surface area contributed by atoms with Crippen LogP contribution in [0.1, 0.15) is 34.5 Å². The van der Waals surface area contributed by atoms with E-state index in [0.717, 1.165) is 42.4 Å². The lowest BCUT2D eigenvalue weighted by atomic mass is 9.98. The third-order valence-electron chi connectivity index (χ3n) is 5.47. The number of aromatic nitrogens is 2. The Kier molecular flexibility index (Phi) is 6.09. The molecule has 1 aromatic heterocycles. The Morgan fingerprint density at radius 3 is 2.70 bits per heavy atom. The molecule has 0 unspecified atom stereocenters. The zero-order valence-electron chi connectivity index (χ0n) is 16.9. The molecule has 3 aromatic rings. The minimum atomic E-state index is -0.279. The fraction of sp³-hybridized carbons (Fsp3) is 0.304. The molecule has 30 heavy (non-hydrogen) atoms. The van der Waals surface area contributed by atoms with Crippen LogP contribution in [0.15, 0.2) is 36.4 Å². The van der Waals surface area contributed by atoms with Gasteiger partial charge in [-0.2, -0.15) is 5.10 Å². The SMILES string of the molecule is COc1c(C(=O)NCC2CCNCC2)ccc2[nH]nc(C=Cc3ccc(F)cc3)c12. The van der Waals surface area contributed by atoms with Crippen molar-refractivity contribution in [3.63, 3.8) is 0 Å². The van der Waals surface area contributed by atoms with Crippen molar-refractivity contribution < 1.29 is 13.9 Å². The van der Waals surface area contributed by atoms with E-state index >= 15 is 0 Å². The number of H-pyrrole nitrogens is 1. The maximum atomic E-state index is 13.1. The smallest absolute Gasteiger partial charge is 0.255 e. The van der Waals surface area contributed by atoms with Gasteiger partial charge in [0.2, 0.25) is 0 Å². The second-order valence-electron chi connectivity index (χ2n) is 7.47. The molecule has 0 radical (unpaired) electrons. The number of hydrogen-bond donors (Lipinski definition) is 3. The number of hydrogen-bond acceptors (Lipinski definition) is 4. The first-order valence-corrected chi connectivity index (χ1v) is 10.1. The molecule has 1 fully saturated rings. The van der Waals surface area contributed by atoms with E-state index < -0.39 is 0 Å². The van der Waals surface area contributed by atoms with Crippen LogP contribution in [0.25, 0.3) is 23.1 Å². The number of rotatable bonds is 6. The average Bonchev–Trinajstić information content (AvgIpc) is 3.20. The van der Waals surface area contributed by atoms with Crippen LogP contribution in [0.5, 0.6) is 5.75 Å². The molecule has 156 valence electrons. The summed E-state index contributed by atoms with van der Waals surface area (Å²) in [6.45, 7) is 2.65. The Morgan fingerprint density at radius 2 is 1.97 bits per heavy atom. The summed E-state index contributed by atoms with van der Waals surface area (Å²) in [6, 6.07) is 9.79. The number of nitrogens with zero attached hydrogens (tertiary/aromatic N) is 1. The molecule has 3 N–H and O–H groups in total. The number of fused-ring (bicyclic) bond motifs is 1. The monoisotopic (exact) mass is 408 g/mol. The van der Waals surface area contributed by atoms with Crippen LogP contribution >= 0.6 is 0 Å². The maximum Gasteiger partial charge on any atom is 0.255 e. The zero-order chi connectivity index (χ0) is 20.9. The first-order valence-electron chi connectivity index (χ1n) is 10.1. The van der Waals surface area contributed by atoms with Crippen molar-refractivity contribution in [3.05, 3.63) is 59.0 Å². The average molecular weight is 408 g/mol. The van der Waals surface area contributed by atoms with Gasteiger partial charge in [-0.25, -0.2) is 4.39 Å². The number of benzene rings is 2. The van der Waals surface area contributed by atoms with E-state index in [9.17, 15) is 9.18 Å². The first kappa shape index (κ1) is 20.1. The van der Waals surface area contributed by atoms with Crippen molar-refractivity contribution in [3.8, 4) is 5.75 Å². The van der Waals surface area contributed by atoms with Gasteiger partial charge in [-0.15, -0.1) is 0 Å². The van der Waals surface area contributed by atoms with E-state index in [-0.39, 0.29) is 11.7 Å². The number of halogens is 1. The molecule has 2 heterocycles. The Labute approximate surface area is 174 Å². The van der Waals surface area contributed by atoms with Crippen LogP contribution in [0.3, 0.4) is 0 Å². The molecule has 0 aliphatic carbocycles. The zero-order valence-corrected chi connectivity index (χ0v) is 16.9. The molecule has 7 heteroatoms. The summed E-state index contributed by atoms with van der Waals surface area (Å²) in [5, 5.41) is 14.5. The van der Waals surface area contributed by atoms with Crippen molar-refractivity contribution in [1.29, 1.82) is 0 Å². The summed E-state index contributed by atoms with van der Waals surface area (Å²) >= 11 is 0. The number of carbonyl (C=O) groups is 1. The van der Waals surface area contributed by atoms with E-state index in [0.29, 0.717) is 29.5 Å². The van der Waals surface area contributed by atoms with Gasteiger partial charge < -0.3 is 15.4 Å². The first-order chi connectivity index (χ1) is 14.7. The lowest BCUT2D eigenvalue weighted by Gasteiger charge is -2.23. The predicted octanol–water partition coefficient (Wildman–Crippen LogP) is 3.61. The highest BCUT2D eigenvalue weighted by molar-refractivity contribution is 6.05. The van der Waals surface area contributed by atoms with Crippen LogP contribution in [0, 0.1) is 11.7 Å². The number of aromatic amines is 1. The lowest BCUT2D eigenvalue weighted by molar-refractivity contribution is 0.0941. The molecule has 1 aliphatic rings. The summed E-state index contributed by atoms with van der Waals surface area (Å²) in [5.41, 5.74) is 2.76. The molecule has 2 aromatic carbocycles. The van der Waals surface area contributed by atoms with Gasteiger partial charge in [-0.1, -0.05) is 18.2 Å². The van der Waals surface area contributed by atoms with Gasteiger partial charge >= 0.3 is 0 Å². The minimum Gasteiger partial charge on any atom is -0.495 e. The summed E-state index contributed by atoms with van der Waals surface area (Å²) in [6.07, 6.45) is 5.80. The van der Waals surface area contributed by atoms with Gasteiger partial charge in [-0.3, -0.25) is 9.89 Å². The Bertz CT molecular complexity index is 1050. The third kappa shape index (κ3) is 4.36. The minimum absolute atomic E-state index is 0.151. The van der Waals surface area contributed by atoms with E-state index in [4.69, 9.17) is 4.74 Å². The van der Waals surface area contributed by atoms with Gasteiger partial charge in [0.15, 0.2) is 0 Å². The van der Waals surface area contributed by atoms with Crippen LogP contribution in [0.4, 0.5) is 4.39 Å². The molecule has 1 saturated heterocycles. The molecule has 1 amide bonds. The number of methoxy groups -OCH3 is 1. The standard InChI is InChI=1S/C23H25FN4O2/c1-30-22-18(23(29)26-14-16-10-12-25-13-11-16)7-9-20-21(22)19(27-28-20)8-4-15-2-5-17(24)6-3-15/h2-9,16,25H,10-14H2,1H3,(H,26,29)(H,27,28). The molecule has 4 rings (SSSR count). The third-order valence-corrected chi connectivity index (χ3v) is 5.47. The van der Waals surface area contributed by atoms with Crippen LogP contribution in [-0.2, 0) is 0 Å². The normalized spacial score (nSPS) is 15.0. The molecular formula is C23H25FN4O2. The molecule has 0 saturated carbocycles. The molecule has 0 bridgehead atoms. The lowest BCUT2D eigenvalue weighted by Crippen LogP contribution is -2.36. The fourth-order valence-electron chi connectivity index (χ4n) is 3.79. The second-order valence-corrected chi connectivity index (χ2v) is 7.47. The van der Waals surface area contributed by atoms with Crippen molar-refractivity contribution in [2.75, 3.05) is 26.7 Å². The van der Waals surface area contributed by atoms with E-state index in [1.165, 1.54) is 12.1 Å². The van der Waals surface area contributed by atoms with Crippen LogP contribution in [-0.4, -0.2) is 42.8 Å². The van der Waals surface area contributed by atoms with E-state index in [2.05, 4.69) is 20.8 Å². The Balaban J connectivity index is 1.59. The fourth-order valence-corrected chi connectivity index (χ4v) is 3.79. The molecule has 1 aliphatic heterocycles. The highest BCUT2D eigenvalue weighted by Gasteiger charge is 2.20. The van der Waals surface area contributed by atoms with Crippen molar-refractivity contribution in [1.82, 2.24) is 20.8 Å². The van der Waals surface area contributed by atoms with Gasteiger partial charge in [0.25, 0.3) is 5.91 Å². The van der Waals surface area contributed by atoms with E-state index in [1.807, 2.05) is 18.2 Å². The highest BCUT2D eigenvalue weighted by atomic mass is 19.1. The summed E-state index contributed by atoms with van der Waals surface area (Å²) in [4.78, 5) is 12.9. The summed E-state index contributed by atoms with van der Waals surface area (Å²) in [5.74, 6) is 0.553. The second kappa shape index (κ2) is 9.09. The van der Waals surface area contributed by atoms with Gasteiger partial charge in [0.05, 0.1) is 29.3 Å². The number of carbonyl (C=O) groups excluding carboxylic acids is 1. The number of ether oxygens (including phenoxy) is 1. The number of piperidine rings is 1. The highest BCUT2D eigenvalue weighted by Crippen LogP contribution is 2.32. The molecular weight excluding hydrogens is 383 g/mol.